The van der Waals surface area contributed by atoms with E-state index in [0.29, 0.717) is 5.69 Å². The molecule has 1 unspecified atom stereocenters. The van der Waals surface area contributed by atoms with Gasteiger partial charge in [-0.1, -0.05) is 23.7 Å². The molecule has 0 spiro atoms. The van der Waals surface area contributed by atoms with Gasteiger partial charge in [-0.15, -0.1) is 0 Å². The van der Waals surface area contributed by atoms with Crippen LogP contribution in [0, 0.1) is 0 Å². The van der Waals surface area contributed by atoms with Crippen LogP contribution in [0.1, 0.15) is 24.4 Å². The van der Waals surface area contributed by atoms with E-state index >= 15 is 0 Å². The highest BCUT2D eigenvalue weighted by atomic mass is 35.5. The van der Waals surface area contributed by atoms with Crippen LogP contribution in [0.25, 0.3) is 0 Å². The summed E-state index contributed by atoms with van der Waals surface area (Å²) < 4.78 is 34.2. The molecule has 8 heteroatoms. The highest BCUT2D eigenvalue weighted by Gasteiger charge is 2.27. The molecule has 1 N–H and O–H groups in total. The van der Waals surface area contributed by atoms with Gasteiger partial charge in [0.15, 0.2) is 0 Å². The van der Waals surface area contributed by atoms with Crippen LogP contribution < -0.4 is 14.8 Å². The fourth-order valence-corrected chi connectivity index (χ4v) is 3.62. The van der Waals surface area contributed by atoms with Crippen molar-refractivity contribution >= 4 is 23.2 Å². The van der Waals surface area contributed by atoms with Crippen molar-refractivity contribution in [2.24, 2.45) is 0 Å². The first-order chi connectivity index (χ1) is 13.5. The summed E-state index contributed by atoms with van der Waals surface area (Å²) in [5.74, 6) is 0.454. The minimum atomic E-state index is -2.96. The van der Waals surface area contributed by atoms with Crippen molar-refractivity contribution < 1.29 is 23.0 Å². The van der Waals surface area contributed by atoms with Crippen molar-refractivity contribution in [2.45, 2.75) is 25.5 Å². The Kier molecular flexibility index (Phi) is 6.70. The third kappa shape index (κ3) is 5.11. The van der Waals surface area contributed by atoms with Gasteiger partial charge in [0, 0.05) is 11.7 Å². The minimum Gasteiger partial charge on any atom is -0.497 e. The molecule has 150 valence electrons. The Hall–Kier alpha value is -2.38. The number of rotatable bonds is 7. The van der Waals surface area contributed by atoms with E-state index in [1.165, 1.54) is 18.2 Å². The first kappa shape index (κ1) is 20.4. The highest BCUT2D eigenvalue weighted by Crippen LogP contribution is 2.33. The van der Waals surface area contributed by atoms with Crippen LogP contribution in [0.2, 0.25) is 5.02 Å². The number of ether oxygens (including phenoxy) is 2. The zero-order valence-corrected chi connectivity index (χ0v) is 16.1. The summed E-state index contributed by atoms with van der Waals surface area (Å²) in [6.45, 7) is -1.92. The van der Waals surface area contributed by atoms with Crippen LogP contribution in [0.4, 0.5) is 14.5 Å². The van der Waals surface area contributed by atoms with E-state index in [1.54, 1.807) is 7.11 Å². The van der Waals surface area contributed by atoms with Gasteiger partial charge in [-0.2, -0.15) is 8.78 Å². The molecule has 5 nitrogen and oxygen atoms in total. The quantitative estimate of drug-likeness (QED) is 0.717. The summed E-state index contributed by atoms with van der Waals surface area (Å²) in [5.41, 5.74) is 1.54. The van der Waals surface area contributed by atoms with E-state index in [1.807, 2.05) is 24.3 Å². The van der Waals surface area contributed by atoms with Crippen LogP contribution in [0.5, 0.6) is 11.5 Å². The van der Waals surface area contributed by atoms with E-state index in [2.05, 4.69) is 15.0 Å². The lowest BCUT2D eigenvalue weighted by molar-refractivity contribution is -0.117. The number of methoxy groups -OCH3 is 1. The van der Waals surface area contributed by atoms with Crippen molar-refractivity contribution in [2.75, 3.05) is 25.5 Å². The largest absolute Gasteiger partial charge is 0.497 e. The molecule has 1 saturated heterocycles. The number of benzene rings is 2. The Morgan fingerprint density at radius 3 is 2.86 bits per heavy atom. The topological polar surface area (TPSA) is 50.8 Å². The Labute approximate surface area is 167 Å². The van der Waals surface area contributed by atoms with E-state index in [9.17, 15) is 13.6 Å². The molecule has 1 atom stereocenters. The number of halogens is 3. The SMILES string of the molecule is COc1cccc(C2CCCN2CC(=O)Nc2ccc(OC(F)F)c(Cl)c2)c1. The Morgan fingerprint density at radius 2 is 2.14 bits per heavy atom. The maximum absolute atomic E-state index is 12.5. The number of carbonyl (C=O) groups is 1. The van der Waals surface area contributed by atoms with Gasteiger partial charge in [-0.05, 0) is 55.3 Å². The molecule has 0 bridgehead atoms. The van der Waals surface area contributed by atoms with Crippen LogP contribution in [0.3, 0.4) is 0 Å². The number of amides is 1. The molecule has 1 aliphatic rings. The predicted octanol–water partition coefficient (Wildman–Crippen LogP) is 4.73. The maximum Gasteiger partial charge on any atom is 0.387 e. The Balaban J connectivity index is 1.63. The van der Waals surface area contributed by atoms with Crippen LogP contribution in [0.15, 0.2) is 42.5 Å². The zero-order chi connectivity index (χ0) is 20.1. The highest BCUT2D eigenvalue weighted by molar-refractivity contribution is 6.32. The predicted molar refractivity (Wildman–Crippen MR) is 103 cm³/mol. The molecule has 1 fully saturated rings. The molecule has 1 amide bonds. The molecule has 0 aromatic heterocycles. The van der Waals surface area contributed by atoms with Crippen LogP contribution >= 0.6 is 11.6 Å². The monoisotopic (exact) mass is 410 g/mol. The minimum absolute atomic E-state index is 0.00790. The van der Waals surface area contributed by atoms with E-state index < -0.39 is 6.61 Å². The summed E-state index contributed by atoms with van der Waals surface area (Å²) in [7, 11) is 1.63. The number of alkyl halides is 2. The first-order valence-corrected chi connectivity index (χ1v) is 9.26. The van der Waals surface area contributed by atoms with Gasteiger partial charge in [0.25, 0.3) is 0 Å². The molecular weight excluding hydrogens is 390 g/mol. The number of hydrogen-bond donors (Lipinski definition) is 1. The fourth-order valence-electron chi connectivity index (χ4n) is 3.40. The van der Waals surface area contributed by atoms with Gasteiger partial charge in [0.2, 0.25) is 5.91 Å². The molecule has 2 aromatic carbocycles. The van der Waals surface area contributed by atoms with Crippen molar-refractivity contribution in [3.8, 4) is 11.5 Å². The third-order valence-electron chi connectivity index (χ3n) is 4.62. The molecule has 0 aliphatic carbocycles. The average molecular weight is 411 g/mol. The van der Waals surface area contributed by atoms with Crippen molar-refractivity contribution in [1.82, 2.24) is 4.90 Å². The number of anilines is 1. The van der Waals surface area contributed by atoms with E-state index in [0.717, 1.165) is 30.7 Å². The lowest BCUT2D eigenvalue weighted by atomic mass is 10.0. The molecule has 0 saturated carbocycles. The van der Waals surface area contributed by atoms with Crippen molar-refractivity contribution in [1.29, 1.82) is 0 Å². The fraction of sp³-hybridized carbons (Fsp3) is 0.350. The van der Waals surface area contributed by atoms with Gasteiger partial charge < -0.3 is 14.8 Å². The van der Waals surface area contributed by atoms with Crippen molar-refractivity contribution in [3.05, 3.63) is 53.1 Å². The second-order valence-electron chi connectivity index (χ2n) is 6.48. The molecular formula is C20H21ClF2N2O3. The summed E-state index contributed by atoms with van der Waals surface area (Å²) >= 11 is 5.93. The molecule has 3 rings (SSSR count). The number of likely N-dealkylation sites (tertiary alicyclic amines) is 1. The summed E-state index contributed by atoms with van der Waals surface area (Å²) in [6, 6.07) is 12.2. The summed E-state index contributed by atoms with van der Waals surface area (Å²) in [6.07, 6.45) is 1.96. The zero-order valence-electron chi connectivity index (χ0n) is 15.3. The molecule has 1 aliphatic heterocycles. The van der Waals surface area contributed by atoms with Gasteiger partial charge in [0.05, 0.1) is 18.7 Å². The van der Waals surface area contributed by atoms with Gasteiger partial charge in [-0.25, -0.2) is 0 Å². The molecule has 1 heterocycles. The number of hydrogen-bond acceptors (Lipinski definition) is 4. The third-order valence-corrected chi connectivity index (χ3v) is 4.92. The van der Waals surface area contributed by atoms with Gasteiger partial charge in [-0.3, -0.25) is 9.69 Å². The second-order valence-corrected chi connectivity index (χ2v) is 6.88. The Morgan fingerprint density at radius 1 is 1.32 bits per heavy atom. The van der Waals surface area contributed by atoms with E-state index in [-0.39, 0.29) is 29.3 Å². The molecule has 0 radical (unpaired) electrons. The first-order valence-electron chi connectivity index (χ1n) is 8.88. The van der Waals surface area contributed by atoms with Gasteiger partial charge in [0.1, 0.15) is 11.5 Å². The van der Waals surface area contributed by atoms with Crippen LogP contribution in [-0.4, -0.2) is 37.6 Å². The standard InChI is InChI=1S/C20H21ClF2N2O3/c1-27-15-5-2-4-13(10-15)17-6-3-9-25(17)12-19(26)24-14-7-8-18(16(21)11-14)28-20(22)23/h2,4-5,7-8,10-11,17,20H,3,6,9,12H2,1H3,(H,24,26). The van der Waals surface area contributed by atoms with Gasteiger partial charge >= 0.3 is 6.61 Å². The maximum atomic E-state index is 12.5. The summed E-state index contributed by atoms with van der Waals surface area (Å²) in [5, 5.41) is 2.76. The smallest absolute Gasteiger partial charge is 0.387 e. The summed E-state index contributed by atoms with van der Waals surface area (Å²) in [4.78, 5) is 14.6. The molecule has 28 heavy (non-hydrogen) atoms. The lowest BCUT2D eigenvalue weighted by Crippen LogP contribution is -2.32. The van der Waals surface area contributed by atoms with Crippen molar-refractivity contribution in [3.63, 3.8) is 0 Å². The number of carbonyl (C=O) groups excluding carboxylic acids is 1. The number of nitrogens with zero attached hydrogens (tertiary/aromatic N) is 1. The average Bonchev–Trinajstić information content (AvgIpc) is 3.11. The number of nitrogens with one attached hydrogen (secondary N) is 1. The second kappa shape index (κ2) is 9.21. The lowest BCUT2D eigenvalue weighted by Gasteiger charge is -2.24. The van der Waals surface area contributed by atoms with E-state index in [4.69, 9.17) is 16.3 Å². The Bertz CT molecular complexity index is 835. The molecule has 2 aromatic rings. The van der Waals surface area contributed by atoms with Crippen LogP contribution in [-0.2, 0) is 4.79 Å². The normalized spacial score (nSPS) is 17.0.